The van der Waals surface area contributed by atoms with Crippen molar-refractivity contribution in [1.82, 2.24) is 24.8 Å². The van der Waals surface area contributed by atoms with E-state index in [0.29, 0.717) is 55.3 Å². The highest BCUT2D eigenvalue weighted by Crippen LogP contribution is 2.40. The fourth-order valence-corrected chi connectivity index (χ4v) is 7.20. The lowest BCUT2D eigenvalue weighted by atomic mass is 9.95. The maximum atomic E-state index is 16.8. The van der Waals surface area contributed by atoms with Crippen molar-refractivity contribution in [3.63, 3.8) is 0 Å². The smallest absolute Gasteiger partial charge is 0.410 e. The van der Waals surface area contributed by atoms with Crippen molar-refractivity contribution in [2.75, 3.05) is 57.9 Å². The molecule has 3 aliphatic rings. The van der Waals surface area contributed by atoms with Gasteiger partial charge in [0.2, 0.25) is 0 Å². The molecular formula is C35H41FN6O4. The van der Waals surface area contributed by atoms with Crippen LogP contribution >= 0.6 is 0 Å². The van der Waals surface area contributed by atoms with E-state index in [2.05, 4.69) is 19.8 Å². The molecule has 0 spiro atoms. The van der Waals surface area contributed by atoms with Gasteiger partial charge in [-0.2, -0.15) is 9.97 Å². The van der Waals surface area contributed by atoms with Crippen LogP contribution in [-0.2, 0) is 4.74 Å². The van der Waals surface area contributed by atoms with Gasteiger partial charge in [0, 0.05) is 37.9 Å². The normalized spacial score (nSPS) is 18.3. The summed E-state index contributed by atoms with van der Waals surface area (Å²) < 4.78 is 34.3. The van der Waals surface area contributed by atoms with Crippen LogP contribution in [0.3, 0.4) is 0 Å². The molecule has 5 heterocycles. The summed E-state index contributed by atoms with van der Waals surface area (Å²) in [7, 11) is 1.60. The first-order chi connectivity index (χ1) is 22.1. The molecular weight excluding hydrogens is 587 g/mol. The molecule has 10 nitrogen and oxygen atoms in total. The van der Waals surface area contributed by atoms with Gasteiger partial charge in [0.15, 0.2) is 5.82 Å². The minimum absolute atomic E-state index is 0.0149. The van der Waals surface area contributed by atoms with Crippen LogP contribution in [0.5, 0.6) is 11.8 Å². The minimum Gasteiger partial charge on any atom is -0.497 e. The van der Waals surface area contributed by atoms with Gasteiger partial charge in [-0.15, -0.1) is 0 Å². The lowest BCUT2D eigenvalue weighted by molar-refractivity contribution is 0.0240. The van der Waals surface area contributed by atoms with Crippen LogP contribution in [0.15, 0.2) is 42.6 Å². The first-order valence-corrected chi connectivity index (χ1v) is 16.2. The topological polar surface area (TPSA) is 93.2 Å². The van der Waals surface area contributed by atoms with E-state index in [9.17, 15) is 4.79 Å². The molecule has 0 unspecified atom stereocenters. The average molecular weight is 629 g/mol. The number of hydrogen-bond acceptors (Lipinski definition) is 9. The van der Waals surface area contributed by atoms with Gasteiger partial charge in [0.1, 0.15) is 35.0 Å². The third-order valence-electron chi connectivity index (χ3n) is 9.48. The monoisotopic (exact) mass is 628 g/mol. The number of amides is 1. The number of benzene rings is 2. The second-order valence-electron chi connectivity index (χ2n) is 13.6. The minimum atomic E-state index is -0.577. The van der Waals surface area contributed by atoms with Gasteiger partial charge in [-0.1, -0.05) is 24.3 Å². The molecule has 11 heteroatoms. The summed E-state index contributed by atoms with van der Waals surface area (Å²) in [4.78, 5) is 33.2. The molecule has 0 aliphatic carbocycles. The number of piperazine rings is 1. The van der Waals surface area contributed by atoms with Crippen molar-refractivity contribution >= 4 is 33.6 Å². The van der Waals surface area contributed by atoms with E-state index in [1.54, 1.807) is 18.2 Å². The van der Waals surface area contributed by atoms with E-state index in [0.717, 1.165) is 49.5 Å². The molecule has 3 aliphatic heterocycles. The molecule has 0 N–H and O–H groups in total. The van der Waals surface area contributed by atoms with Crippen LogP contribution in [0.4, 0.5) is 15.0 Å². The van der Waals surface area contributed by atoms with Crippen LogP contribution in [0.2, 0.25) is 0 Å². The predicted molar refractivity (Wildman–Crippen MR) is 175 cm³/mol. The Morgan fingerprint density at radius 1 is 0.978 bits per heavy atom. The summed E-state index contributed by atoms with van der Waals surface area (Å²) in [5.41, 5.74) is 0.364. The Morgan fingerprint density at radius 3 is 2.43 bits per heavy atom. The molecule has 242 valence electrons. The number of anilines is 1. The molecule has 0 atom stereocenters. The molecule has 3 fully saturated rings. The van der Waals surface area contributed by atoms with E-state index in [4.69, 9.17) is 19.2 Å². The number of halogens is 1. The van der Waals surface area contributed by atoms with E-state index >= 15 is 4.39 Å². The number of carbonyl (C=O) groups is 1. The van der Waals surface area contributed by atoms with Crippen molar-refractivity contribution in [3.8, 4) is 23.0 Å². The molecule has 2 aromatic heterocycles. The van der Waals surface area contributed by atoms with Crippen molar-refractivity contribution in [2.24, 2.45) is 0 Å². The number of hydrogen-bond donors (Lipinski definition) is 0. The Kier molecular flexibility index (Phi) is 7.83. The standard InChI is InChI=1S/C35H41FN6O4/c1-34(2,3)46-33(43)41-17-15-40(16-18-41)31-27-21-37-29(26-20-24(44-4)19-23-9-5-6-10-25(23)26)28(36)30(27)38-32(39-31)45-22-35-11-7-13-42(35)14-8-12-35/h5-6,9-10,19-21H,7-8,11-18,22H2,1-4H3. The summed E-state index contributed by atoms with van der Waals surface area (Å²) >= 11 is 0. The summed E-state index contributed by atoms with van der Waals surface area (Å²) in [6, 6.07) is 11.7. The van der Waals surface area contributed by atoms with Gasteiger partial charge in [-0.05, 0) is 82.4 Å². The number of rotatable bonds is 6. The summed E-state index contributed by atoms with van der Waals surface area (Å²) in [5.74, 6) is 0.616. The molecule has 0 saturated carbocycles. The first-order valence-electron chi connectivity index (χ1n) is 16.2. The SMILES string of the molecule is COc1cc(-c2ncc3c(N4CCN(C(=O)OC(C)(C)C)CC4)nc(OCC45CCCN4CCC5)nc3c2F)c2ccccc2c1. The Hall–Kier alpha value is -4.25. The maximum absolute atomic E-state index is 16.8. The fraction of sp³-hybridized carbons (Fsp3) is 0.486. The highest BCUT2D eigenvalue weighted by molar-refractivity contribution is 6.00. The zero-order chi connectivity index (χ0) is 32.1. The molecule has 3 saturated heterocycles. The Balaban J connectivity index is 1.27. The molecule has 1 amide bonds. The van der Waals surface area contributed by atoms with E-state index in [1.165, 1.54) is 0 Å². The number of aromatic nitrogens is 3. The molecule has 0 bridgehead atoms. The summed E-state index contributed by atoms with van der Waals surface area (Å²) in [6.07, 6.45) is 5.75. The zero-order valence-electron chi connectivity index (χ0n) is 27.0. The van der Waals surface area contributed by atoms with Gasteiger partial charge < -0.3 is 24.0 Å². The fourth-order valence-electron chi connectivity index (χ4n) is 7.20. The maximum Gasteiger partial charge on any atom is 0.410 e. The largest absolute Gasteiger partial charge is 0.497 e. The van der Waals surface area contributed by atoms with Gasteiger partial charge in [0.05, 0.1) is 18.0 Å². The number of carbonyl (C=O) groups excluding carboxylic acids is 1. The van der Waals surface area contributed by atoms with Crippen molar-refractivity contribution in [2.45, 2.75) is 57.6 Å². The highest BCUT2D eigenvalue weighted by Gasteiger charge is 2.45. The first kappa shape index (κ1) is 30.4. The number of ether oxygens (including phenoxy) is 3. The zero-order valence-corrected chi connectivity index (χ0v) is 27.0. The van der Waals surface area contributed by atoms with Crippen LogP contribution in [0.1, 0.15) is 46.5 Å². The quantitative estimate of drug-likeness (QED) is 0.253. The molecule has 0 radical (unpaired) electrons. The number of nitrogens with zero attached hydrogens (tertiary/aromatic N) is 6. The molecule has 46 heavy (non-hydrogen) atoms. The number of methoxy groups -OCH3 is 1. The van der Waals surface area contributed by atoms with Crippen molar-refractivity contribution < 1.29 is 23.4 Å². The summed E-state index contributed by atoms with van der Waals surface area (Å²) in [5, 5.41) is 2.28. The van der Waals surface area contributed by atoms with Crippen LogP contribution in [0, 0.1) is 5.82 Å². The predicted octanol–water partition coefficient (Wildman–Crippen LogP) is 6.06. The van der Waals surface area contributed by atoms with Crippen molar-refractivity contribution in [1.29, 1.82) is 0 Å². The van der Waals surface area contributed by atoms with E-state index < -0.39 is 11.4 Å². The third-order valence-corrected chi connectivity index (χ3v) is 9.48. The molecule has 7 rings (SSSR count). The van der Waals surface area contributed by atoms with Crippen LogP contribution in [0.25, 0.3) is 32.9 Å². The van der Waals surface area contributed by atoms with Gasteiger partial charge in [-0.3, -0.25) is 9.88 Å². The third kappa shape index (κ3) is 5.65. The van der Waals surface area contributed by atoms with E-state index in [-0.39, 0.29) is 28.9 Å². The van der Waals surface area contributed by atoms with Gasteiger partial charge in [0.25, 0.3) is 0 Å². The summed E-state index contributed by atoms with van der Waals surface area (Å²) in [6.45, 7) is 10.1. The lowest BCUT2D eigenvalue weighted by Gasteiger charge is -2.36. The lowest BCUT2D eigenvalue weighted by Crippen LogP contribution is -2.50. The molecule has 4 aromatic rings. The van der Waals surface area contributed by atoms with Gasteiger partial charge >= 0.3 is 12.1 Å². The Labute approximate surface area is 268 Å². The molecule has 2 aromatic carbocycles. The number of fused-ring (bicyclic) bond motifs is 3. The highest BCUT2D eigenvalue weighted by atomic mass is 19.1. The van der Waals surface area contributed by atoms with Crippen LogP contribution in [-0.4, -0.2) is 95.0 Å². The van der Waals surface area contributed by atoms with E-state index in [1.807, 2.05) is 57.2 Å². The average Bonchev–Trinajstić information content (AvgIpc) is 3.63. The van der Waals surface area contributed by atoms with Crippen LogP contribution < -0.4 is 14.4 Å². The second kappa shape index (κ2) is 11.8. The second-order valence-corrected chi connectivity index (χ2v) is 13.6. The van der Waals surface area contributed by atoms with Crippen molar-refractivity contribution in [3.05, 3.63) is 48.4 Å². The Morgan fingerprint density at radius 2 is 1.72 bits per heavy atom. The number of pyridine rings is 1. The Bertz CT molecular complexity index is 1780. The van der Waals surface area contributed by atoms with Gasteiger partial charge in [-0.25, -0.2) is 9.18 Å².